The zero-order valence-electron chi connectivity index (χ0n) is 9.43. The van der Waals surface area contributed by atoms with E-state index in [9.17, 15) is 0 Å². The molecule has 1 aromatic carbocycles. The highest BCUT2D eigenvalue weighted by Gasteiger charge is 2.30. The number of fused-ring (bicyclic) bond motifs is 2. The average Bonchev–Trinajstić information content (AvgIpc) is 2.30. The van der Waals surface area contributed by atoms with Gasteiger partial charge in [0.2, 0.25) is 0 Å². The van der Waals surface area contributed by atoms with Gasteiger partial charge in [-0.25, -0.2) is 0 Å². The molecule has 3 nitrogen and oxygen atoms in total. The van der Waals surface area contributed by atoms with Crippen LogP contribution in [-0.4, -0.2) is 43.3 Å². The molecule has 86 valence electrons. The minimum Gasteiger partial charge on any atom is -0.378 e. The first-order chi connectivity index (χ1) is 7.90. The first kappa shape index (κ1) is 10.3. The summed E-state index contributed by atoms with van der Waals surface area (Å²) in [5, 5.41) is 3.60. The Morgan fingerprint density at radius 1 is 1.12 bits per heavy atom. The number of rotatable bonds is 2. The fourth-order valence-electron chi connectivity index (χ4n) is 2.66. The molecule has 1 N–H and O–H groups in total. The van der Waals surface area contributed by atoms with Crippen LogP contribution in [0.15, 0.2) is 30.3 Å². The van der Waals surface area contributed by atoms with Gasteiger partial charge >= 0.3 is 0 Å². The molecule has 2 unspecified atom stereocenters. The number of nitrogens with one attached hydrogen (secondary N) is 1. The predicted octanol–water partition coefficient (Wildman–Crippen LogP) is 0.859. The Morgan fingerprint density at radius 3 is 2.50 bits per heavy atom. The highest BCUT2D eigenvalue weighted by atomic mass is 16.5. The monoisotopic (exact) mass is 218 g/mol. The van der Waals surface area contributed by atoms with Crippen LogP contribution in [0.3, 0.4) is 0 Å². The molecule has 2 bridgehead atoms. The Morgan fingerprint density at radius 2 is 1.81 bits per heavy atom. The molecule has 2 atom stereocenters. The van der Waals surface area contributed by atoms with Gasteiger partial charge in [-0.1, -0.05) is 30.3 Å². The molecule has 16 heavy (non-hydrogen) atoms. The van der Waals surface area contributed by atoms with Gasteiger partial charge in [-0.15, -0.1) is 0 Å². The van der Waals surface area contributed by atoms with Gasteiger partial charge in [0.1, 0.15) is 0 Å². The van der Waals surface area contributed by atoms with Crippen LogP contribution < -0.4 is 5.32 Å². The average molecular weight is 218 g/mol. The van der Waals surface area contributed by atoms with Gasteiger partial charge in [0.25, 0.3) is 0 Å². The second-order valence-corrected chi connectivity index (χ2v) is 4.78. The normalized spacial score (nSPS) is 30.2. The fourth-order valence-corrected chi connectivity index (χ4v) is 2.66. The molecule has 2 heterocycles. The zero-order valence-corrected chi connectivity index (χ0v) is 9.43. The van der Waals surface area contributed by atoms with Crippen LogP contribution in [0.25, 0.3) is 0 Å². The predicted molar refractivity (Wildman–Crippen MR) is 63.2 cm³/mol. The van der Waals surface area contributed by atoms with E-state index in [0.717, 1.165) is 32.8 Å². The Hall–Kier alpha value is -0.900. The maximum absolute atomic E-state index is 5.55. The van der Waals surface area contributed by atoms with Crippen LogP contribution in [0.2, 0.25) is 0 Å². The van der Waals surface area contributed by atoms with Gasteiger partial charge < -0.3 is 10.1 Å². The van der Waals surface area contributed by atoms with Crippen molar-refractivity contribution in [2.45, 2.75) is 18.6 Å². The molecule has 0 radical (unpaired) electrons. The molecule has 0 amide bonds. The van der Waals surface area contributed by atoms with E-state index in [1.807, 2.05) is 0 Å². The van der Waals surface area contributed by atoms with E-state index in [0.29, 0.717) is 12.1 Å². The highest BCUT2D eigenvalue weighted by molar-refractivity contribution is 5.14. The molecule has 0 aliphatic carbocycles. The van der Waals surface area contributed by atoms with E-state index in [4.69, 9.17) is 4.74 Å². The van der Waals surface area contributed by atoms with Crippen molar-refractivity contribution in [2.75, 3.05) is 26.3 Å². The smallest absolute Gasteiger partial charge is 0.0633 e. The number of hydrogen-bond donors (Lipinski definition) is 1. The molecule has 2 aliphatic rings. The summed E-state index contributed by atoms with van der Waals surface area (Å²) in [5.74, 6) is 0. The molecular weight excluding hydrogens is 200 g/mol. The molecular formula is C13H18N2O. The molecule has 2 saturated heterocycles. The van der Waals surface area contributed by atoms with E-state index in [2.05, 4.69) is 40.5 Å². The van der Waals surface area contributed by atoms with Crippen LogP contribution in [0, 0.1) is 0 Å². The molecule has 2 aliphatic heterocycles. The Kier molecular flexibility index (Phi) is 2.91. The third-order valence-corrected chi connectivity index (χ3v) is 3.32. The van der Waals surface area contributed by atoms with Crippen LogP contribution in [0.1, 0.15) is 5.56 Å². The van der Waals surface area contributed by atoms with Crippen LogP contribution >= 0.6 is 0 Å². The summed E-state index contributed by atoms with van der Waals surface area (Å²) in [6.45, 7) is 5.00. The number of benzene rings is 1. The van der Waals surface area contributed by atoms with Crippen molar-refractivity contribution in [1.29, 1.82) is 0 Å². The Bertz CT molecular complexity index is 329. The first-order valence-electron chi connectivity index (χ1n) is 6.00. The van der Waals surface area contributed by atoms with Crippen molar-refractivity contribution in [3.63, 3.8) is 0 Å². The summed E-state index contributed by atoms with van der Waals surface area (Å²) < 4.78 is 5.55. The van der Waals surface area contributed by atoms with Gasteiger partial charge in [-0.2, -0.15) is 0 Å². The third-order valence-electron chi connectivity index (χ3n) is 3.32. The molecule has 3 heteroatoms. The van der Waals surface area contributed by atoms with Crippen molar-refractivity contribution in [3.05, 3.63) is 35.9 Å². The summed E-state index contributed by atoms with van der Waals surface area (Å²) in [5.41, 5.74) is 1.41. The fraction of sp³-hybridized carbons (Fsp3) is 0.538. The van der Waals surface area contributed by atoms with Crippen molar-refractivity contribution in [3.8, 4) is 0 Å². The van der Waals surface area contributed by atoms with Gasteiger partial charge in [-0.3, -0.25) is 4.90 Å². The Balaban J connectivity index is 1.63. The number of piperazine rings is 1. The lowest BCUT2D eigenvalue weighted by atomic mass is 10.1. The zero-order chi connectivity index (χ0) is 10.8. The van der Waals surface area contributed by atoms with E-state index in [1.54, 1.807) is 0 Å². The lowest BCUT2D eigenvalue weighted by Crippen LogP contribution is -2.62. The number of ether oxygens (including phenoxy) is 1. The topological polar surface area (TPSA) is 24.5 Å². The summed E-state index contributed by atoms with van der Waals surface area (Å²) in [7, 11) is 0. The molecule has 2 fully saturated rings. The minimum atomic E-state index is 0.524. The second-order valence-electron chi connectivity index (χ2n) is 4.78. The van der Waals surface area contributed by atoms with Crippen LogP contribution in [0.5, 0.6) is 0 Å². The van der Waals surface area contributed by atoms with Crippen molar-refractivity contribution in [1.82, 2.24) is 10.2 Å². The minimum absolute atomic E-state index is 0.524. The lowest BCUT2D eigenvalue weighted by Gasteiger charge is -2.42. The van der Waals surface area contributed by atoms with Crippen molar-refractivity contribution in [2.24, 2.45) is 0 Å². The lowest BCUT2D eigenvalue weighted by molar-refractivity contribution is -0.00870. The number of morpholine rings is 1. The van der Waals surface area contributed by atoms with Crippen molar-refractivity contribution >= 4 is 0 Å². The molecule has 0 saturated carbocycles. The molecule has 0 aromatic heterocycles. The number of nitrogens with zero attached hydrogens (tertiary/aromatic N) is 1. The summed E-state index contributed by atoms with van der Waals surface area (Å²) in [6, 6.07) is 11.8. The molecule has 3 rings (SSSR count). The largest absolute Gasteiger partial charge is 0.378 e. The maximum atomic E-state index is 5.55. The van der Waals surface area contributed by atoms with E-state index in [-0.39, 0.29) is 0 Å². The molecule has 1 aromatic rings. The van der Waals surface area contributed by atoms with E-state index < -0.39 is 0 Å². The van der Waals surface area contributed by atoms with Crippen LogP contribution in [-0.2, 0) is 11.3 Å². The van der Waals surface area contributed by atoms with Crippen LogP contribution in [0.4, 0.5) is 0 Å². The SMILES string of the molecule is c1ccc(CN2CC3COCC(C2)N3)cc1. The van der Waals surface area contributed by atoms with Gasteiger partial charge in [0.05, 0.1) is 13.2 Å². The first-order valence-corrected chi connectivity index (χ1v) is 6.00. The quantitative estimate of drug-likeness (QED) is 0.797. The van der Waals surface area contributed by atoms with Gasteiger partial charge in [-0.05, 0) is 5.56 Å². The summed E-state index contributed by atoms with van der Waals surface area (Å²) in [4.78, 5) is 2.53. The molecule has 0 spiro atoms. The Labute approximate surface area is 96.4 Å². The summed E-state index contributed by atoms with van der Waals surface area (Å²) in [6.07, 6.45) is 0. The number of hydrogen-bond acceptors (Lipinski definition) is 3. The van der Waals surface area contributed by atoms with E-state index >= 15 is 0 Å². The van der Waals surface area contributed by atoms with E-state index in [1.165, 1.54) is 5.56 Å². The maximum Gasteiger partial charge on any atom is 0.0633 e. The third kappa shape index (κ3) is 2.26. The standard InChI is InChI=1S/C13H18N2O/c1-2-4-11(5-3-1)6-15-7-12-9-16-10-13(8-15)14-12/h1-5,12-14H,6-10H2. The van der Waals surface area contributed by atoms with Crippen molar-refractivity contribution < 1.29 is 4.74 Å². The summed E-state index contributed by atoms with van der Waals surface area (Å²) >= 11 is 0. The highest BCUT2D eigenvalue weighted by Crippen LogP contribution is 2.13. The second kappa shape index (κ2) is 4.53. The van der Waals surface area contributed by atoms with Gasteiger partial charge in [0.15, 0.2) is 0 Å². The van der Waals surface area contributed by atoms with Gasteiger partial charge in [0, 0.05) is 31.7 Å².